The van der Waals surface area contributed by atoms with Gasteiger partial charge in [0.2, 0.25) is 0 Å². The van der Waals surface area contributed by atoms with Crippen LogP contribution in [0.3, 0.4) is 0 Å². The number of hydrogen-bond donors (Lipinski definition) is 0. The molecule has 0 saturated carbocycles. The quantitative estimate of drug-likeness (QED) is 0.742. The SMILES string of the molecule is CCCOC1CCCN(CC(=O)c2ccccc2Br)C1. The molecule has 3 nitrogen and oxygen atoms in total. The standard InChI is InChI=1S/C16H22BrNO2/c1-2-10-20-13-6-5-9-18(11-13)12-16(19)14-7-3-4-8-15(14)17/h3-4,7-8,13H,2,5-6,9-12H2,1H3. The number of carbonyl (C=O) groups is 1. The van der Waals surface area contributed by atoms with Crippen molar-refractivity contribution < 1.29 is 9.53 Å². The van der Waals surface area contributed by atoms with Crippen molar-refractivity contribution >= 4 is 21.7 Å². The summed E-state index contributed by atoms with van der Waals surface area (Å²) in [6, 6.07) is 7.62. The lowest BCUT2D eigenvalue weighted by Crippen LogP contribution is -2.42. The Kier molecular flexibility index (Phi) is 6.20. The van der Waals surface area contributed by atoms with Crippen molar-refractivity contribution in [3.8, 4) is 0 Å². The molecule has 1 unspecified atom stereocenters. The van der Waals surface area contributed by atoms with E-state index < -0.39 is 0 Å². The predicted octanol–water partition coefficient (Wildman–Crippen LogP) is 3.52. The number of ether oxygens (including phenoxy) is 1. The molecular weight excluding hydrogens is 318 g/mol. The molecule has 0 amide bonds. The molecule has 1 saturated heterocycles. The Morgan fingerprint density at radius 3 is 3.00 bits per heavy atom. The topological polar surface area (TPSA) is 29.5 Å². The van der Waals surface area contributed by atoms with Crippen molar-refractivity contribution in [2.75, 3.05) is 26.2 Å². The summed E-state index contributed by atoms with van der Waals surface area (Å²) < 4.78 is 6.69. The van der Waals surface area contributed by atoms with Crippen LogP contribution in [0.25, 0.3) is 0 Å². The highest BCUT2D eigenvalue weighted by Gasteiger charge is 2.22. The molecule has 2 rings (SSSR count). The van der Waals surface area contributed by atoms with E-state index in [2.05, 4.69) is 27.8 Å². The van der Waals surface area contributed by atoms with Crippen molar-refractivity contribution in [1.29, 1.82) is 0 Å². The van der Waals surface area contributed by atoms with E-state index in [9.17, 15) is 4.79 Å². The zero-order chi connectivity index (χ0) is 14.4. The molecule has 0 radical (unpaired) electrons. The van der Waals surface area contributed by atoms with Gasteiger partial charge in [0.15, 0.2) is 5.78 Å². The maximum absolute atomic E-state index is 12.3. The number of piperidine rings is 1. The third-order valence-corrected chi connectivity index (χ3v) is 4.25. The second-order valence-corrected chi connectivity index (χ2v) is 6.13. The summed E-state index contributed by atoms with van der Waals surface area (Å²) in [4.78, 5) is 14.6. The molecule has 4 heteroatoms. The Morgan fingerprint density at radius 2 is 2.25 bits per heavy atom. The van der Waals surface area contributed by atoms with Crippen molar-refractivity contribution in [1.82, 2.24) is 4.90 Å². The number of halogens is 1. The van der Waals surface area contributed by atoms with E-state index in [4.69, 9.17) is 4.74 Å². The highest BCUT2D eigenvalue weighted by molar-refractivity contribution is 9.10. The molecule has 20 heavy (non-hydrogen) atoms. The number of likely N-dealkylation sites (tertiary alicyclic amines) is 1. The summed E-state index contributed by atoms with van der Waals surface area (Å²) in [5.74, 6) is 0.175. The smallest absolute Gasteiger partial charge is 0.177 e. The lowest BCUT2D eigenvalue weighted by molar-refractivity contribution is 0.00130. The molecule has 110 valence electrons. The van der Waals surface area contributed by atoms with Gasteiger partial charge in [-0.25, -0.2) is 0 Å². The van der Waals surface area contributed by atoms with Gasteiger partial charge in [-0.3, -0.25) is 9.69 Å². The Hall–Kier alpha value is -0.710. The summed E-state index contributed by atoms with van der Waals surface area (Å²) in [6.07, 6.45) is 3.56. The van der Waals surface area contributed by atoms with E-state index in [1.165, 1.54) is 0 Å². The third-order valence-electron chi connectivity index (χ3n) is 3.56. The fourth-order valence-electron chi connectivity index (χ4n) is 2.55. The van der Waals surface area contributed by atoms with Crippen LogP contribution in [0.5, 0.6) is 0 Å². The Bertz CT molecular complexity index is 450. The van der Waals surface area contributed by atoms with Gasteiger partial charge in [0.25, 0.3) is 0 Å². The van der Waals surface area contributed by atoms with Crippen LogP contribution in [0.15, 0.2) is 28.7 Å². The lowest BCUT2D eigenvalue weighted by Gasteiger charge is -2.32. The van der Waals surface area contributed by atoms with Crippen LogP contribution in [0.1, 0.15) is 36.5 Å². The molecule has 1 fully saturated rings. The first-order valence-corrected chi connectivity index (χ1v) is 8.11. The summed E-state index contributed by atoms with van der Waals surface area (Å²) in [5.41, 5.74) is 0.768. The highest BCUT2D eigenvalue weighted by Crippen LogP contribution is 2.18. The highest BCUT2D eigenvalue weighted by atomic mass is 79.9. The second kappa shape index (κ2) is 7.91. The van der Waals surface area contributed by atoms with Crippen LogP contribution in [0, 0.1) is 0 Å². The van der Waals surface area contributed by atoms with Gasteiger partial charge in [-0.2, -0.15) is 0 Å². The largest absolute Gasteiger partial charge is 0.377 e. The van der Waals surface area contributed by atoms with Gasteiger partial charge in [-0.15, -0.1) is 0 Å². The van der Waals surface area contributed by atoms with Crippen LogP contribution in [0.4, 0.5) is 0 Å². The van der Waals surface area contributed by atoms with Crippen molar-refractivity contribution in [3.05, 3.63) is 34.3 Å². The lowest BCUT2D eigenvalue weighted by atomic mass is 10.1. The van der Waals surface area contributed by atoms with Crippen molar-refractivity contribution in [2.45, 2.75) is 32.3 Å². The summed E-state index contributed by atoms with van der Waals surface area (Å²) in [7, 11) is 0. The summed E-state index contributed by atoms with van der Waals surface area (Å²) >= 11 is 3.44. The van der Waals surface area contributed by atoms with Gasteiger partial charge in [-0.05, 0) is 31.9 Å². The zero-order valence-electron chi connectivity index (χ0n) is 12.0. The molecule has 0 N–H and O–H groups in total. The van der Waals surface area contributed by atoms with E-state index >= 15 is 0 Å². The van der Waals surface area contributed by atoms with Crippen LogP contribution >= 0.6 is 15.9 Å². The monoisotopic (exact) mass is 339 g/mol. The molecule has 0 bridgehead atoms. The zero-order valence-corrected chi connectivity index (χ0v) is 13.6. The Labute approximate surface area is 129 Å². The van der Waals surface area contributed by atoms with Gasteiger partial charge < -0.3 is 4.74 Å². The van der Waals surface area contributed by atoms with E-state index in [1.807, 2.05) is 24.3 Å². The van der Waals surface area contributed by atoms with E-state index in [1.54, 1.807) is 0 Å². The van der Waals surface area contributed by atoms with E-state index in [0.717, 1.165) is 49.0 Å². The first kappa shape index (κ1) is 15.7. The van der Waals surface area contributed by atoms with Gasteiger partial charge in [0.05, 0.1) is 12.6 Å². The fraction of sp³-hybridized carbons (Fsp3) is 0.562. The van der Waals surface area contributed by atoms with Crippen molar-refractivity contribution in [3.63, 3.8) is 0 Å². The first-order valence-electron chi connectivity index (χ1n) is 7.32. The van der Waals surface area contributed by atoms with Gasteiger partial charge in [-0.1, -0.05) is 41.1 Å². The number of nitrogens with zero attached hydrogens (tertiary/aromatic N) is 1. The van der Waals surface area contributed by atoms with Crippen LogP contribution in [-0.2, 0) is 4.74 Å². The molecule has 1 aromatic rings. The third kappa shape index (κ3) is 4.40. The van der Waals surface area contributed by atoms with Crippen LogP contribution in [0.2, 0.25) is 0 Å². The van der Waals surface area contributed by atoms with Crippen LogP contribution in [-0.4, -0.2) is 43.0 Å². The minimum Gasteiger partial charge on any atom is -0.377 e. The fourth-order valence-corrected chi connectivity index (χ4v) is 3.06. The summed E-state index contributed by atoms with van der Waals surface area (Å²) in [6.45, 7) is 5.28. The van der Waals surface area contributed by atoms with Crippen LogP contribution < -0.4 is 0 Å². The summed E-state index contributed by atoms with van der Waals surface area (Å²) in [5, 5.41) is 0. The number of rotatable bonds is 6. The average Bonchev–Trinajstić information content (AvgIpc) is 2.46. The number of Topliss-reactive ketones (excluding diaryl/α,β-unsaturated/α-hetero) is 1. The Balaban J connectivity index is 1.89. The van der Waals surface area contributed by atoms with Gasteiger partial charge >= 0.3 is 0 Å². The number of benzene rings is 1. The number of hydrogen-bond acceptors (Lipinski definition) is 3. The maximum atomic E-state index is 12.3. The second-order valence-electron chi connectivity index (χ2n) is 5.27. The number of ketones is 1. The average molecular weight is 340 g/mol. The molecular formula is C16H22BrNO2. The van der Waals surface area contributed by atoms with E-state index in [-0.39, 0.29) is 11.9 Å². The van der Waals surface area contributed by atoms with E-state index in [0.29, 0.717) is 6.54 Å². The molecule has 1 heterocycles. The molecule has 1 atom stereocenters. The minimum atomic E-state index is 0.175. The van der Waals surface area contributed by atoms with Gasteiger partial charge in [0, 0.05) is 23.2 Å². The van der Waals surface area contributed by atoms with Gasteiger partial charge in [0.1, 0.15) is 0 Å². The minimum absolute atomic E-state index is 0.175. The maximum Gasteiger partial charge on any atom is 0.177 e. The van der Waals surface area contributed by atoms with Crippen molar-refractivity contribution in [2.24, 2.45) is 0 Å². The number of carbonyl (C=O) groups excluding carboxylic acids is 1. The molecule has 0 spiro atoms. The Morgan fingerprint density at radius 1 is 1.45 bits per heavy atom. The molecule has 1 aliphatic rings. The molecule has 1 aliphatic heterocycles. The molecule has 0 aromatic heterocycles. The first-order chi connectivity index (χ1) is 9.70. The predicted molar refractivity (Wildman–Crippen MR) is 84.2 cm³/mol. The molecule has 1 aromatic carbocycles. The normalized spacial score (nSPS) is 20.0. The molecule has 0 aliphatic carbocycles.